The van der Waals surface area contributed by atoms with Crippen LogP contribution < -0.4 is 5.73 Å². The van der Waals surface area contributed by atoms with Crippen molar-refractivity contribution in [2.24, 2.45) is 5.73 Å². The summed E-state index contributed by atoms with van der Waals surface area (Å²) in [5, 5.41) is 11.1. The molecular formula is C16H19NO2. The van der Waals surface area contributed by atoms with Crippen LogP contribution in [0.15, 0.2) is 42.5 Å². The highest BCUT2D eigenvalue weighted by molar-refractivity contribution is 5.82. The molecule has 0 bridgehead atoms. The molecule has 19 heavy (non-hydrogen) atoms. The van der Waals surface area contributed by atoms with Crippen LogP contribution in [-0.2, 0) is 11.2 Å². The average molecular weight is 257 g/mol. The van der Waals surface area contributed by atoms with E-state index in [2.05, 4.69) is 30.3 Å². The molecule has 1 atom stereocenters. The molecule has 0 heterocycles. The third-order valence-electron chi connectivity index (χ3n) is 3.29. The largest absolute Gasteiger partial charge is 0.481 e. The van der Waals surface area contributed by atoms with E-state index in [0.29, 0.717) is 0 Å². The van der Waals surface area contributed by atoms with E-state index in [0.717, 1.165) is 19.3 Å². The van der Waals surface area contributed by atoms with E-state index < -0.39 is 5.97 Å². The van der Waals surface area contributed by atoms with E-state index in [1.54, 1.807) is 0 Å². The van der Waals surface area contributed by atoms with E-state index >= 15 is 0 Å². The summed E-state index contributed by atoms with van der Waals surface area (Å²) in [7, 11) is 0. The van der Waals surface area contributed by atoms with Crippen LogP contribution in [0.3, 0.4) is 0 Å². The van der Waals surface area contributed by atoms with Gasteiger partial charge >= 0.3 is 5.97 Å². The molecular weight excluding hydrogens is 238 g/mol. The SMILES string of the molecule is NC(CCCc1ccc2ccccc2c1)CC(=O)O. The number of fused-ring (bicyclic) bond motifs is 1. The number of hydrogen-bond donors (Lipinski definition) is 2. The first-order chi connectivity index (χ1) is 9.15. The van der Waals surface area contributed by atoms with Gasteiger partial charge in [-0.2, -0.15) is 0 Å². The number of benzene rings is 2. The molecule has 3 N–H and O–H groups in total. The van der Waals surface area contributed by atoms with Gasteiger partial charge in [0.25, 0.3) is 0 Å². The summed E-state index contributed by atoms with van der Waals surface area (Å²) < 4.78 is 0. The Morgan fingerprint density at radius 1 is 1.16 bits per heavy atom. The number of aliphatic carboxylic acids is 1. The van der Waals surface area contributed by atoms with Crippen molar-refractivity contribution in [2.75, 3.05) is 0 Å². The van der Waals surface area contributed by atoms with Crippen LogP contribution in [0.1, 0.15) is 24.8 Å². The molecule has 0 amide bonds. The van der Waals surface area contributed by atoms with Crippen molar-refractivity contribution >= 4 is 16.7 Å². The number of aryl methyl sites for hydroxylation is 1. The molecule has 2 aromatic carbocycles. The van der Waals surface area contributed by atoms with Gasteiger partial charge in [-0.05, 0) is 35.6 Å². The lowest BCUT2D eigenvalue weighted by molar-refractivity contribution is -0.137. The Morgan fingerprint density at radius 2 is 1.89 bits per heavy atom. The second kappa shape index (κ2) is 6.34. The van der Waals surface area contributed by atoms with E-state index in [1.807, 2.05) is 12.1 Å². The van der Waals surface area contributed by atoms with Gasteiger partial charge in [-0.3, -0.25) is 4.79 Å². The first-order valence-corrected chi connectivity index (χ1v) is 6.60. The summed E-state index contributed by atoms with van der Waals surface area (Å²) in [4.78, 5) is 10.5. The highest BCUT2D eigenvalue weighted by Crippen LogP contribution is 2.17. The summed E-state index contributed by atoms with van der Waals surface area (Å²) in [6.45, 7) is 0. The fourth-order valence-corrected chi connectivity index (χ4v) is 2.29. The third kappa shape index (κ3) is 4.07. The summed E-state index contributed by atoms with van der Waals surface area (Å²) in [6, 6.07) is 14.5. The van der Waals surface area contributed by atoms with Crippen molar-refractivity contribution in [3.63, 3.8) is 0 Å². The minimum atomic E-state index is -0.821. The molecule has 3 nitrogen and oxygen atoms in total. The molecule has 1 unspecified atom stereocenters. The monoisotopic (exact) mass is 257 g/mol. The second-order valence-electron chi connectivity index (χ2n) is 4.93. The Bertz CT molecular complexity index is 565. The van der Waals surface area contributed by atoms with Crippen molar-refractivity contribution in [1.82, 2.24) is 0 Å². The molecule has 2 rings (SSSR count). The number of carboxylic acids is 1. The van der Waals surface area contributed by atoms with E-state index in [4.69, 9.17) is 10.8 Å². The first kappa shape index (κ1) is 13.6. The third-order valence-corrected chi connectivity index (χ3v) is 3.29. The minimum absolute atomic E-state index is 0.0533. The van der Waals surface area contributed by atoms with E-state index in [-0.39, 0.29) is 12.5 Å². The molecule has 2 aromatic rings. The van der Waals surface area contributed by atoms with E-state index in [1.165, 1.54) is 16.3 Å². The standard InChI is InChI=1S/C16H19NO2/c17-15(11-16(18)19)7-3-4-12-8-9-13-5-1-2-6-14(13)10-12/h1-2,5-6,8-10,15H,3-4,7,11,17H2,(H,18,19). The molecule has 0 aliphatic carbocycles. The van der Waals surface area contributed by atoms with Crippen LogP contribution in [0.4, 0.5) is 0 Å². The number of rotatable bonds is 6. The van der Waals surface area contributed by atoms with Crippen molar-refractivity contribution in [3.8, 4) is 0 Å². The Hall–Kier alpha value is -1.87. The zero-order chi connectivity index (χ0) is 13.7. The molecule has 0 aliphatic heterocycles. The maximum Gasteiger partial charge on any atom is 0.304 e. The molecule has 0 aromatic heterocycles. The quantitative estimate of drug-likeness (QED) is 0.836. The first-order valence-electron chi connectivity index (χ1n) is 6.60. The molecule has 0 spiro atoms. The minimum Gasteiger partial charge on any atom is -0.481 e. The maximum absolute atomic E-state index is 10.5. The zero-order valence-corrected chi connectivity index (χ0v) is 10.9. The topological polar surface area (TPSA) is 63.3 Å². The average Bonchev–Trinajstić information content (AvgIpc) is 2.37. The van der Waals surface area contributed by atoms with Crippen LogP contribution in [0.25, 0.3) is 10.8 Å². The number of carbonyl (C=O) groups is 1. The van der Waals surface area contributed by atoms with Crippen molar-refractivity contribution in [3.05, 3.63) is 48.0 Å². The maximum atomic E-state index is 10.5. The van der Waals surface area contributed by atoms with E-state index in [9.17, 15) is 4.79 Å². The predicted molar refractivity (Wildman–Crippen MR) is 77.1 cm³/mol. The van der Waals surface area contributed by atoms with Gasteiger partial charge in [0.05, 0.1) is 6.42 Å². The molecule has 0 saturated carbocycles. The number of carboxylic acid groups (broad SMARTS) is 1. The van der Waals surface area contributed by atoms with Gasteiger partial charge in [-0.1, -0.05) is 42.5 Å². The van der Waals surface area contributed by atoms with Gasteiger partial charge in [0.1, 0.15) is 0 Å². The van der Waals surface area contributed by atoms with Gasteiger partial charge < -0.3 is 10.8 Å². The van der Waals surface area contributed by atoms with Gasteiger partial charge in [0.15, 0.2) is 0 Å². The summed E-state index contributed by atoms with van der Waals surface area (Å²) in [5.74, 6) is -0.821. The normalized spacial score (nSPS) is 12.5. The molecule has 3 heteroatoms. The van der Waals surface area contributed by atoms with Crippen LogP contribution >= 0.6 is 0 Å². The lowest BCUT2D eigenvalue weighted by Crippen LogP contribution is -2.23. The number of nitrogens with two attached hydrogens (primary N) is 1. The lowest BCUT2D eigenvalue weighted by Gasteiger charge is -2.09. The van der Waals surface area contributed by atoms with Gasteiger partial charge in [0.2, 0.25) is 0 Å². The van der Waals surface area contributed by atoms with Crippen LogP contribution in [0.5, 0.6) is 0 Å². The number of hydrogen-bond acceptors (Lipinski definition) is 2. The van der Waals surface area contributed by atoms with Gasteiger partial charge in [-0.25, -0.2) is 0 Å². The molecule has 100 valence electrons. The Kier molecular flexibility index (Phi) is 4.53. The fraction of sp³-hybridized carbons (Fsp3) is 0.312. The molecule has 0 saturated heterocycles. The summed E-state index contributed by atoms with van der Waals surface area (Å²) in [6.07, 6.45) is 2.67. The van der Waals surface area contributed by atoms with Gasteiger partial charge in [0, 0.05) is 6.04 Å². The predicted octanol–water partition coefficient (Wildman–Crippen LogP) is 2.96. The molecule has 0 aliphatic rings. The summed E-state index contributed by atoms with van der Waals surface area (Å²) >= 11 is 0. The Labute approximate surface area is 113 Å². The highest BCUT2D eigenvalue weighted by Gasteiger charge is 2.07. The van der Waals surface area contributed by atoms with Crippen LogP contribution in [0, 0.1) is 0 Å². The second-order valence-corrected chi connectivity index (χ2v) is 4.93. The van der Waals surface area contributed by atoms with Gasteiger partial charge in [-0.15, -0.1) is 0 Å². The van der Waals surface area contributed by atoms with Crippen molar-refractivity contribution in [1.29, 1.82) is 0 Å². The lowest BCUT2D eigenvalue weighted by atomic mass is 10.0. The van der Waals surface area contributed by atoms with Crippen LogP contribution in [-0.4, -0.2) is 17.1 Å². The molecule has 0 fully saturated rings. The highest BCUT2D eigenvalue weighted by atomic mass is 16.4. The fourth-order valence-electron chi connectivity index (χ4n) is 2.29. The zero-order valence-electron chi connectivity index (χ0n) is 10.9. The Balaban J connectivity index is 1.89. The molecule has 0 radical (unpaired) electrons. The summed E-state index contributed by atoms with van der Waals surface area (Å²) in [5.41, 5.74) is 7.03. The van der Waals surface area contributed by atoms with Crippen molar-refractivity contribution in [2.45, 2.75) is 31.7 Å². The van der Waals surface area contributed by atoms with Crippen molar-refractivity contribution < 1.29 is 9.90 Å². The smallest absolute Gasteiger partial charge is 0.304 e. The Morgan fingerprint density at radius 3 is 2.63 bits per heavy atom. The van der Waals surface area contributed by atoms with Crippen LogP contribution in [0.2, 0.25) is 0 Å².